The molecule has 0 radical (unpaired) electrons. The highest BCUT2D eigenvalue weighted by atomic mass is 32.2. The molecule has 134 valence electrons. The average molecular weight is 367 g/mol. The largest absolute Gasteiger partial charge is 0.402 e. The van der Waals surface area contributed by atoms with Crippen molar-refractivity contribution in [2.45, 2.75) is 12.1 Å². The number of halogens is 3. The molecule has 0 bridgehead atoms. The maximum Gasteiger partial charge on any atom is 0.402 e. The van der Waals surface area contributed by atoms with Crippen LogP contribution in [0.4, 0.5) is 13.2 Å². The zero-order chi connectivity index (χ0) is 18.1. The minimum atomic E-state index is -4.67. The molecule has 1 aromatic rings. The summed E-state index contributed by atoms with van der Waals surface area (Å²) >= 11 is 0. The molecule has 0 aliphatic carbocycles. The maximum atomic E-state index is 12.4. The molecule has 1 amide bonds. The Morgan fingerprint density at radius 1 is 1.42 bits per heavy atom. The van der Waals surface area contributed by atoms with E-state index in [1.165, 1.54) is 6.07 Å². The van der Waals surface area contributed by atoms with E-state index in [2.05, 4.69) is 0 Å². The number of hydrogen-bond donors (Lipinski definition) is 1. The van der Waals surface area contributed by atoms with Crippen LogP contribution in [-0.2, 0) is 15.0 Å². The maximum absolute atomic E-state index is 12.4. The first-order valence-corrected chi connectivity index (χ1v) is 8.24. The summed E-state index contributed by atoms with van der Waals surface area (Å²) in [4.78, 5) is 16.5. The molecular weight excluding hydrogens is 351 g/mol. The fourth-order valence-electron chi connectivity index (χ4n) is 2.37. The molecule has 1 aromatic carbocycles. The van der Waals surface area contributed by atoms with Gasteiger partial charge in [-0.2, -0.15) is 25.9 Å². The number of alkyl halides is 3. The number of carbonyl (C=O) groups is 1. The van der Waals surface area contributed by atoms with Crippen LogP contribution in [0.25, 0.3) is 0 Å². The number of amides is 1. The summed E-state index contributed by atoms with van der Waals surface area (Å²) in [5.74, 6) is -1.19. The van der Waals surface area contributed by atoms with Crippen molar-refractivity contribution >= 4 is 16.1 Å². The van der Waals surface area contributed by atoms with Gasteiger partial charge in [-0.1, -0.05) is 22.7 Å². The van der Waals surface area contributed by atoms with E-state index < -0.39 is 34.8 Å². The summed E-state index contributed by atoms with van der Waals surface area (Å²) in [6.07, 6.45) is -4.67. The molecule has 0 unspecified atom stereocenters. The van der Waals surface area contributed by atoms with Gasteiger partial charge in [0.2, 0.25) is 5.91 Å². The fraction of sp³-hybridized carbons (Fsp3) is 0.462. The molecular formula is C13H16F3N3O4S. The van der Waals surface area contributed by atoms with Crippen molar-refractivity contribution in [1.29, 1.82) is 0 Å². The quantitative estimate of drug-likeness (QED) is 0.835. The number of nitrogens with zero attached hydrogens (tertiary/aromatic N) is 2. The zero-order valence-corrected chi connectivity index (χ0v) is 13.5. The molecule has 0 aromatic heterocycles. The third-order valence-corrected chi connectivity index (χ3v) is 5.19. The van der Waals surface area contributed by atoms with E-state index >= 15 is 0 Å². The molecule has 0 saturated carbocycles. The van der Waals surface area contributed by atoms with Crippen LogP contribution < -0.4 is 5.73 Å². The van der Waals surface area contributed by atoms with Gasteiger partial charge in [-0.05, 0) is 11.6 Å². The summed E-state index contributed by atoms with van der Waals surface area (Å²) < 4.78 is 62.1. The van der Waals surface area contributed by atoms with Gasteiger partial charge in [0.15, 0.2) is 0 Å². The standard InChI is InChI=1S/C13H16F3N3O4S/c1-18(8-13(14,15)16)24(21,22)19-6-9(7-23-19)10-4-2-3-5-11(10)12(17)20/h2-5,9H,6-8H2,1H3,(H2,17,20)/t9-/m1/s1. The van der Waals surface area contributed by atoms with E-state index in [0.29, 0.717) is 10.0 Å². The van der Waals surface area contributed by atoms with Crippen molar-refractivity contribution in [3.05, 3.63) is 35.4 Å². The minimum Gasteiger partial charge on any atom is -0.366 e. The predicted molar refractivity (Wildman–Crippen MR) is 78.0 cm³/mol. The third kappa shape index (κ3) is 4.04. The number of hydrogen-bond acceptors (Lipinski definition) is 4. The lowest BCUT2D eigenvalue weighted by Crippen LogP contribution is -2.44. The molecule has 2 rings (SSSR count). The summed E-state index contributed by atoms with van der Waals surface area (Å²) in [6, 6.07) is 6.34. The summed E-state index contributed by atoms with van der Waals surface area (Å²) in [5, 5.41) is 0. The van der Waals surface area contributed by atoms with Gasteiger partial charge >= 0.3 is 16.4 Å². The average Bonchev–Trinajstić information content (AvgIpc) is 2.95. The van der Waals surface area contributed by atoms with Gasteiger partial charge in [-0.3, -0.25) is 9.63 Å². The van der Waals surface area contributed by atoms with E-state index in [1.807, 2.05) is 0 Å². The van der Waals surface area contributed by atoms with Crippen LogP contribution in [0.2, 0.25) is 0 Å². The minimum absolute atomic E-state index is 0.0939. The van der Waals surface area contributed by atoms with Crippen molar-refractivity contribution in [2.75, 3.05) is 26.7 Å². The highest BCUT2D eigenvalue weighted by Crippen LogP contribution is 2.29. The number of benzene rings is 1. The molecule has 1 saturated heterocycles. The fourth-order valence-corrected chi connectivity index (χ4v) is 3.56. The monoisotopic (exact) mass is 367 g/mol. The second-order valence-electron chi connectivity index (χ2n) is 5.31. The molecule has 1 atom stereocenters. The Balaban J connectivity index is 2.17. The number of hydroxylamine groups is 1. The SMILES string of the molecule is CN(CC(F)(F)F)S(=O)(=O)N1C[C@@H](c2ccccc2C(N)=O)CO1. The Morgan fingerprint density at radius 2 is 2.04 bits per heavy atom. The van der Waals surface area contributed by atoms with Crippen molar-refractivity contribution in [2.24, 2.45) is 5.73 Å². The first-order valence-electron chi connectivity index (χ1n) is 6.85. The lowest BCUT2D eigenvalue weighted by atomic mass is 9.95. The van der Waals surface area contributed by atoms with Gasteiger partial charge in [0, 0.05) is 18.5 Å². The van der Waals surface area contributed by atoms with Crippen LogP contribution in [0.1, 0.15) is 21.8 Å². The van der Waals surface area contributed by atoms with Crippen LogP contribution in [0.3, 0.4) is 0 Å². The van der Waals surface area contributed by atoms with Crippen molar-refractivity contribution < 1.29 is 31.2 Å². The van der Waals surface area contributed by atoms with Gasteiger partial charge in [0.05, 0.1) is 13.2 Å². The smallest absolute Gasteiger partial charge is 0.366 e. The van der Waals surface area contributed by atoms with Crippen LogP contribution in [-0.4, -0.2) is 56.0 Å². The number of primary amides is 1. The lowest BCUT2D eigenvalue weighted by molar-refractivity contribution is -0.136. The van der Waals surface area contributed by atoms with Crippen LogP contribution in [0.15, 0.2) is 24.3 Å². The van der Waals surface area contributed by atoms with Crippen molar-refractivity contribution in [3.8, 4) is 0 Å². The number of carbonyl (C=O) groups excluding carboxylic acids is 1. The topological polar surface area (TPSA) is 92.9 Å². The molecule has 0 spiro atoms. The van der Waals surface area contributed by atoms with E-state index in [0.717, 1.165) is 7.05 Å². The van der Waals surface area contributed by atoms with Gasteiger partial charge in [0.25, 0.3) is 0 Å². The zero-order valence-electron chi connectivity index (χ0n) is 12.7. The Morgan fingerprint density at radius 3 is 2.62 bits per heavy atom. The van der Waals surface area contributed by atoms with E-state index in [1.54, 1.807) is 18.2 Å². The molecule has 7 nitrogen and oxygen atoms in total. The summed E-state index contributed by atoms with van der Waals surface area (Å²) in [7, 11) is -3.62. The molecule has 24 heavy (non-hydrogen) atoms. The third-order valence-electron chi connectivity index (χ3n) is 3.51. The molecule has 11 heteroatoms. The first kappa shape index (κ1) is 18.6. The first-order chi connectivity index (χ1) is 11.0. The Kier molecular flexibility index (Phi) is 5.18. The lowest BCUT2D eigenvalue weighted by Gasteiger charge is -2.23. The van der Waals surface area contributed by atoms with Crippen LogP contribution in [0.5, 0.6) is 0 Å². The van der Waals surface area contributed by atoms with Crippen molar-refractivity contribution in [3.63, 3.8) is 0 Å². The Hall–Kier alpha value is -1.69. The molecule has 1 aliphatic rings. The van der Waals surface area contributed by atoms with Gasteiger partial charge in [-0.15, -0.1) is 0 Å². The second-order valence-corrected chi connectivity index (χ2v) is 7.23. The summed E-state index contributed by atoms with van der Waals surface area (Å²) in [5.41, 5.74) is 5.98. The highest BCUT2D eigenvalue weighted by Gasteiger charge is 2.41. The van der Waals surface area contributed by atoms with E-state index in [-0.39, 0.29) is 23.0 Å². The van der Waals surface area contributed by atoms with E-state index in [9.17, 15) is 26.4 Å². The molecule has 1 aliphatic heterocycles. The highest BCUT2D eigenvalue weighted by molar-refractivity contribution is 7.86. The Bertz CT molecular complexity index is 723. The number of rotatable bonds is 5. The molecule has 1 fully saturated rings. The summed E-state index contributed by atoms with van der Waals surface area (Å²) in [6.45, 7) is -1.93. The van der Waals surface area contributed by atoms with Crippen LogP contribution >= 0.6 is 0 Å². The van der Waals surface area contributed by atoms with E-state index in [4.69, 9.17) is 10.6 Å². The van der Waals surface area contributed by atoms with Crippen molar-refractivity contribution in [1.82, 2.24) is 8.77 Å². The molecule has 1 heterocycles. The predicted octanol–water partition coefficient (Wildman–Crippen LogP) is 0.855. The normalized spacial score (nSPS) is 19.8. The molecule has 2 N–H and O–H groups in total. The van der Waals surface area contributed by atoms with Gasteiger partial charge in [-0.25, -0.2) is 0 Å². The second kappa shape index (κ2) is 6.67. The van der Waals surface area contributed by atoms with Gasteiger partial charge < -0.3 is 5.73 Å². The number of nitrogens with two attached hydrogens (primary N) is 1. The van der Waals surface area contributed by atoms with Gasteiger partial charge in [0.1, 0.15) is 6.54 Å². The Labute approximate surface area is 136 Å². The van der Waals surface area contributed by atoms with Crippen LogP contribution in [0, 0.1) is 0 Å².